The molecule has 0 radical (unpaired) electrons. The Morgan fingerprint density at radius 1 is 1.07 bits per heavy atom. The molecule has 4 rings (SSSR count). The molecule has 1 aromatic carbocycles. The van der Waals surface area contributed by atoms with Crippen LogP contribution in [0.5, 0.6) is 5.75 Å². The minimum atomic E-state index is -1.17. The Kier molecular flexibility index (Phi) is 5.05. The fourth-order valence-electron chi connectivity index (χ4n) is 3.04. The van der Waals surface area contributed by atoms with E-state index < -0.39 is 5.97 Å². The number of aromatic carboxylic acids is 1. The number of hydrogen-bond acceptors (Lipinski definition) is 6. The number of carboxylic acid groups (broad SMARTS) is 1. The Hall–Kier alpha value is -3.58. The molecule has 7 heteroatoms. The van der Waals surface area contributed by atoms with Crippen molar-refractivity contribution in [3.05, 3.63) is 82.8 Å². The first-order valence-electron chi connectivity index (χ1n) is 8.90. The highest BCUT2D eigenvalue weighted by atomic mass is 32.1. The lowest BCUT2D eigenvalue weighted by molar-refractivity contribution is 0.0694. The Balaban J connectivity index is 1.66. The van der Waals surface area contributed by atoms with Gasteiger partial charge in [0.25, 0.3) is 0 Å². The van der Waals surface area contributed by atoms with Gasteiger partial charge in [0.15, 0.2) is 0 Å². The molecule has 29 heavy (non-hydrogen) atoms. The number of carboxylic acids is 1. The highest BCUT2D eigenvalue weighted by Crippen LogP contribution is 2.32. The van der Waals surface area contributed by atoms with Gasteiger partial charge in [-0.3, -0.25) is 4.98 Å². The molecule has 3 aromatic heterocycles. The smallest absolute Gasteiger partial charge is 0.339 e. The van der Waals surface area contributed by atoms with Crippen LogP contribution in [0.1, 0.15) is 26.6 Å². The molecule has 0 aliphatic heterocycles. The molecular formula is C22H17N3O3S. The van der Waals surface area contributed by atoms with E-state index in [0.29, 0.717) is 17.7 Å². The van der Waals surface area contributed by atoms with E-state index in [-0.39, 0.29) is 11.3 Å². The summed E-state index contributed by atoms with van der Waals surface area (Å²) in [6.45, 7) is 1.96. The van der Waals surface area contributed by atoms with Gasteiger partial charge in [-0.15, -0.1) is 11.3 Å². The van der Waals surface area contributed by atoms with Gasteiger partial charge in [-0.05, 0) is 42.8 Å². The molecule has 0 saturated heterocycles. The van der Waals surface area contributed by atoms with Crippen molar-refractivity contribution in [2.45, 2.75) is 13.3 Å². The Bertz CT molecular complexity index is 1190. The van der Waals surface area contributed by atoms with Crippen molar-refractivity contribution in [2.24, 2.45) is 0 Å². The van der Waals surface area contributed by atoms with Crippen LogP contribution in [0.3, 0.4) is 0 Å². The Morgan fingerprint density at radius 3 is 2.62 bits per heavy atom. The maximum atomic E-state index is 11.1. The second-order valence-electron chi connectivity index (χ2n) is 6.51. The molecule has 6 nitrogen and oxygen atoms in total. The summed E-state index contributed by atoms with van der Waals surface area (Å²) in [6.07, 6.45) is 4.30. The molecule has 0 amide bonds. The van der Waals surface area contributed by atoms with E-state index in [1.807, 2.05) is 43.5 Å². The number of aromatic nitrogens is 3. The van der Waals surface area contributed by atoms with Crippen LogP contribution >= 0.6 is 11.3 Å². The number of thiazole rings is 1. The van der Waals surface area contributed by atoms with E-state index in [1.54, 1.807) is 23.6 Å². The zero-order chi connectivity index (χ0) is 20.4. The molecule has 0 aliphatic carbocycles. The number of benzene rings is 1. The van der Waals surface area contributed by atoms with Crippen molar-refractivity contribution in [3.63, 3.8) is 0 Å². The molecule has 0 saturated carbocycles. The number of aromatic hydroxyl groups is 1. The molecule has 0 fully saturated rings. The third kappa shape index (κ3) is 4.00. The summed E-state index contributed by atoms with van der Waals surface area (Å²) in [5, 5.41) is 20.0. The normalized spacial score (nSPS) is 10.8. The summed E-state index contributed by atoms with van der Waals surface area (Å²) in [4.78, 5) is 25.6. The van der Waals surface area contributed by atoms with Crippen LogP contribution in [0.25, 0.3) is 21.8 Å². The van der Waals surface area contributed by atoms with E-state index in [4.69, 9.17) is 10.1 Å². The average Bonchev–Trinajstić information content (AvgIpc) is 3.08. The molecule has 0 spiro atoms. The van der Waals surface area contributed by atoms with E-state index in [9.17, 15) is 9.90 Å². The monoisotopic (exact) mass is 403 g/mol. The topological polar surface area (TPSA) is 96.2 Å². The second kappa shape index (κ2) is 7.81. The van der Waals surface area contributed by atoms with Crippen molar-refractivity contribution in [1.82, 2.24) is 15.0 Å². The van der Waals surface area contributed by atoms with Crippen LogP contribution in [-0.2, 0) is 6.42 Å². The Labute approximate surface area is 171 Å². The van der Waals surface area contributed by atoms with Crippen molar-refractivity contribution < 1.29 is 15.0 Å². The minimum absolute atomic E-state index is 0.136. The molecule has 4 aromatic rings. The van der Waals surface area contributed by atoms with Gasteiger partial charge in [-0.1, -0.05) is 18.2 Å². The van der Waals surface area contributed by atoms with Crippen molar-refractivity contribution in [1.29, 1.82) is 0 Å². The fraction of sp³-hybridized carbons (Fsp3) is 0.0909. The van der Waals surface area contributed by atoms with E-state index in [0.717, 1.165) is 26.8 Å². The number of carbonyl (C=O) groups is 1. The minimum Gasteiger partial charge on any atom is -0.507 e. The molecule has 0 aliphatic rings. The molecule has 0 atom stereocenters. The number of hydrogen-bond donors (Lipinski definition) is 2. The lowest BCUT2D eigenvalue weighted by atomic mass is 10.1. The third-order valence-corrected chi connectivity index (χ3v) is 5.60. The zero-order valence-electron chi connectivity index (χ0n) is 15.5. The largest absolute Gasteiger partial charge is 0.507 e. The first-order chi connectivity index (χ1) is 14.0. The molecular weight excluding hydrogens is 386 g/mol. The predicted molar refractivity (Wildman–Crippen MR) is 111 cm³/mol. The number of pyridine rings is 2. The van der Waals surface area contributed by atoms with Crippen LogP contribution in [0, 0.1) is 6.92 Å². The van der Waals surface area contributed by atoms with Crippen molar-refractivity contribution in [2.75, 3.05) is 0 Å². The zero-order valence-corrected chi connectivity index (χ0v) is 16.3. The highest BCUT2D eigenvalue weighted by molar-refractivity contribution is 7.15. The number of aryl methyl sites for hydroxylation is 1. The van der Waals surface area contributed by atoms with Crippen molar-refractivity contribution in [3.8, 4) is 27.6 Å². The van der Waals surface area contributed by atoms with E-state index in [2.05, 4.69) is 9.97 Å². The second-order valence-corrected chi connectivity index (χ2v) is 7.59. The summed E-state index contributed by atoms with van der Waals surface area (Å²) >= 11 is 1.59. The summed E-state index contributed by atoms with van der Waals surface area (Å²) in [5.41, 5.74) is 3.95. The van der Waals surface area contributed by atoms with Crippen LogP contribution < -0.4 is 0 Å². The van der Waals surface area contributed by atoms with E-state index >= 15 is 0 Å². The SMILES string of the molecule is Cc1nc(Cc2cccnc2)sc1-c1cccc(-c2ccc(C(=O)O)c(O)c2)n1. The van der Waals surface area contributed by atoms with Crippen molar-refractivity contribution >= 4 is 17.3 Å². The van der Waals surface area contributed by atoms with Crippen LogP contribution in [0.2, 0.25) is 0 Å². The third-order valence-electron chi connectivity index (χ3n) is 4.42. The van der Waals surface area contributed by atoms with Gasteiger partial charge in [0.1, 0.15) is 11.3 Å². The fourth-order valence-corrected chi connectivity index (χ4v) is 4.11. The number of nitrogens with zero attached hydrogens (tertiary/aromatic N) is 3. The van der Waals surface area contributed by atoms with Crippen LogP contribution in [0.4, 0.5) is 0 Å². The van der Waals surface area contributed by atoms with Gasteiger partial charge < -0.3 is 10.2 Å². The molecule has 2 N–H and O–H groups in total. The molecule has 0 bridgehead atoms. The molecule has 3 heterocycles. The predicted octanol–water partition coefficient (Wildman–Crippen LogP) is 4.57. The highest BCUT2D eigenvalue weighted by Gasteiger charge is 2.14. The first kappa shape index (κ1) is 18.8. The van der Waals surface area contributed by atoms with Gasteiger partial charge >= 0.3 is 5.97 Å². The summed E-state index contributed by atoms with van der Waals surface area (Å²) in [5.74, 6) is -1.45. The lowest BCUT2D eigenvalue weighted by Gasteiger charge is -2.06. The van der Waals surface area contributed by atoms with Gasteiger partial charge in [0.05, 0.1) is 27.0 Å². The Morgan fingerprint density at radius 2 is 1.90 bits per heavy atom. The van der Waals surface area contributed by atoms with Gasteiger partial charge in [0.2, 0.25) is 0 Å². The van der Waals surface area contributed by atoms with Crippen LogP contribution in [-0.4, -0.2) is 31.1 Å². The maximum absolute atomic E-state index is 11.1. The quantitative estimate of drug-likeness (QED) is 0.507. The molecule has 144 valence electrons. The maximum Gasteiger partial charge on any atom is 0.339 e. The number of rotatable bonds is 5. The van der Waals surface area contributed by atoms with Crippen LogP contribution in [0.15, 0.2) is 60.9 Å². The molecule has 0 unspecified atom stereocenters. The van der Waals surface area contributed by atoms with E-state index in [1.165, 1.54) is 12.1 Å². The average molecular weight is 403 g/mol. The summed E-state index contributed by atoms with van der Waals surface area (Å²) in [7, 11) is 0. The first-order valence-corrected chi connectivity index (χ1v) is 9.72. The summed E-state index contributed by atoms with van der Waals surface area (Å²) in [6, 6.07) is 14.0. The van der Waals surface area contributed by atoms with Gasteiger partial charge in [0, 0.05) is 24.4 Å². The summed E-state index contributed by atoms with van der Waals surface area (Å²) < 4.78 is 0. The standard InChI is InChI=1S/C22H17N3O3S/c1-13-21(29-20(24-13)10-14-4-3-9-23-12-14)18-6-2-5-17(25-18)15-7-8-16(22(27)28)19(26)11-15/h2-9,11-12,26H,10H2,1H3,(H,27,28). The van der Waals surface area contributed by atoms with Gasteiger partial charge in [-0.25, -0.2) is 14.8 Å². The number of phenols is 1. The van der Waals surface area contributed by atoms with Gasteiger partial charge in [-0.2, -0.15) is 0 Å². The lowest BCUT2D eigenvalue weighted by Crippen LogP contribution is -1.97.